The summed E-state index contributed by atoms with van der Waals surface area (Å²) in [5, 5.41) is 22.4. The molecule has 2 fully saturated rings. The molecule has 1 aromatic heterocycles. The van der Waals surface area contributed by atoms with Crippen molar-refractivity contribution in [3.8, 4) is 28.7 Å². The Morgan fingerprint density at radius 2 is 1.91 bits per heavy atom. The van der Waals surface area contributed by atoms with Crippen LogP contribution >= 0.6 is 0 Å². The number of nitrogens with zero attached hydrogens (tertiary/aromatic N) is 4. The number of anilines is 1. The molecule has 0 saturated carbocycles. The van der Waals surface area contributed by atoms with E-state index in [1.807, 2.05) is 72.5 Å². The zero-order valence-corrected chi connectivity index (χ0v) is 25.3. The molecule has 44 heavy (non-hydrogen) atoms. The lowest BCUT2D eigenvalue weighted by molar-refractivity contribution is 0.0747. The van der Waals surface area contributed by atoms with Gasteiger partial charge < -0.3 is 25.1 Å². The van der Waals surface area contributed by atoms with E-state index in [0.717, 1.165) is 49.1 Å². The van der Waals surface area contributed by atoms with E-state index in [2.05, 4.69) is 28.5 Å². The van der Waals surface area contributed by atoms with Crippen LogP contribution in [0.5, 0.6) is 0 Å². The topological polar surface area (TPSA) is 130 Å². The van der Waals surface area contributed by atoms with Gasteiger partial charge in [0.15, 0.2) is 0 Å². The standard InChI is InChI=1S/C35H38N6O3/c1-23-9-7-15-41(23)33(42)27-18-25(29-13-6-14-31(30(29)21-36)38-22-28-12-8-16-43-28)17-26(19-27)32-39-40-34(44-32)35(2,37)20-24-10-4-3-5-11-24/h3-6,10-11,13-14,17-19,23,28,38H,7-9,12,15-16,20,22,37H2,1-2H3/t23?,28?,35-/m1/s1. The van der Waals surface area contributed by atoms with Gasteiger partial charge in [0.25, 0.3) is 5.91 Å². The van der Waals surface area contributed by atoms with Gasteiger partial charge in [0.05, 0.1) is 22.9 Å². The number of hydrogen-bond acceptors (Lipinski definition) is 8. The lowest BCUT2D eigenvalue weighted by Crippen LogP contribution is -2.35. The smallest absolute Gasteiger partial charge is 0.254 e. The summed E-state index contributed by atoms with van der Waals surface area (Å²) >= 11 is 0. The number of carbonyl (C=O) groups is 1. The number of amides is 1. The van der Waals surface area contributed by atoms with Crippen molar-refractivity contribution >= 4 is 11.6 Å². The second-order valence-corrected chi connectivity index (χ2v) is 12.1. The predicted molar refractivity (Wildman–Crippen MR) is 169 cm³/mol. The molecule has 0 bridgehead atoms. The molecule has 2 aliphatic rings. The minimum absolute atomic E-state index is 0.0586. The number of nitrogens with one attached hydrogen (secondary N) is 1. The van der Waals surface area contributed by atoms with Gasteiger partial charge in [-0.1, -0.05) is 42.5 Å². The second kappa shape index (κ2) is 12.6. The molecule has 1 amide bonds. The average molecular weight is 591 g/mol. The quantitative estimate of drug-likeness (QED) is 0.246. The van der Waals surface area contributed by atoms with Crippen molar-refractivity contribution < 1.29 is 13.9 Å². The van der Waals surface area contributed by atoms with Gasteiger partial charge in [0, 0.05) is 42.4 Å². The van der Waals surface area contributed by atoms with Crippen LogP contribution in [-0.2, 0) is 16.7 Å². The van der Waals surface area contributed by atoms with Crippen molar-refractivity contribution in [1.82, 2.24) is 15.1 Å². The van der Waals surface area contributed by atoms with Gasteiger partial charge in [-0.05, 0) is 81.3 Å². The predicted octanol–water partition coefficient (Wildman–Crippen LogP) is 5.91. The summed E-state index contributed by atoms with van der Waals surface area (Å²) in [5.41, 5.74) is 10.6. The summed E-state index contributed by atoms with van der Waals surface area (Å²) in [6.07, 6.45) is 4.63. The summed E-state index contributed by atoms with van der Waals surface area (Å²) in [5.74, 6) is 0.513. The maximum absolute atomic E-state index is 13.8. The van der Waals surface area contributed by atoms with Gasteiger partial charge in [0.1, 0.15) is 6.07 Å². The summed E-state index contributed by atoms with van der Waals surface area (Å²) in [7, 11) is 0. The molecule has 226 valence electrons. The van der Waals surface area contributed by atoms with Crippen LogP contribution in [0.2, 0.25) is 0 Å². The third kappa shape index (κ3) is 6.23. The first kappa shape index (κ1) is 29.5. The van der Waals surface area contributed by atoms with E-state index >= 15 is 0 Å². The number of aromatic nitrogens is 2. The number of nitrogens with two attached hydrogens (primary N) is 1. The third-order valence-electron chi connectivity index (χ3n) is 8.60. The van der Waals surface area contributed by atoms with Crippen LogP contribution < -0.4 is 11.1 Å². The number of nitriles is 1. The van der Waals surface area contributed by atoms with Crippen LogP contribution in [0.4, 0.5) is 5.69 Å². The maximum Gasteiger partial charge on any atom is 0.254 e. The summed E-state index contributed by atoms with van der Waals surface area (Å²) < 4.78 is 12.0. The fourth-order valence-electron chi connectivity index (χ4n) is 6.19. The Hall–Kier alpha value is -4.52. The van der Waals surface area contributed by atoms with Gasteiger partial charge in [-0.2, -0.15) is 5.26 Å². The molecule has 3 N–H and O–H groups in total. The highest BCUT2D eigenvalue weighted by Gasteiger charge is 2.30. The Morgan fingerprint density at radius 3 is 2.64 bits per heavy atom. The number of rotatable bonds is 9. The minimum atomic E-state index is -0.898. The van der Waals surface area contributed by atoms with Crippen molar-refractivity contribution in [3.05, 3.63) is 89.3 Å². The van der Waals surface area contributed by atoms with Crippen LogP contribution in [-0.4, -0.2) is 52.8 Å². The molecule has 0 aliphatic carbocycles. The number of hydrogen-bond donors (Lipinski definition) is 2. The third-order valence-corrected chi connectivity index (χ3v) is 8.60. The number of carbonyl (C=O) groups excluding carboxylic acids is 1. The van der Waals surface area contributed by atoms with Crippen LogP contribution in [0.25, 0.3) is 22.6 Å². The summed E-state index contributed by atoms with van der Waals surface area (Å²) in [4.78, 5) is 15.7. The fourth-order valence-corrected chi connectivity index (χ4v) is 6.19. The van der Waals surface area contributed by atoms with Crippen LogP contribution in [0, 0.1) is 11.3 Å². The lowest BCUT2D eigenvalue weighted by Gasteiger charge is -2.22. The van der Waals surface area contributed by atoms with Gasteiger partial charge in [-0.3, -0.25) is 4.79 Å². The Kier molecular flexibility index (Phi) is 8.47. The van der Waals surface area contributed by atoms with Crippen molar-refractivity contribution in [2.45, 2.75) is 63.6 Å². The van der Waals surface area contributed by atoms with Gasteiger partial charge in [-0.25, -0.2) is 0 Å². The molecule has 0 radical (unpaired) electrons. The SMILES string of the molecule is CC1CCCN1C(=O)c1cc(-c2nnc([C@](C)(N)Cc3ccccc3)o2)cc(-c2cccc(NCC3CCCO3)c2C#N)c1. The Balaban J connectivity index is 1.38. The molecule has 0 spiro atoms. The molecular weight excluding hydrogens is 552 g/mol. The van der Waals surface area contributed by atoms with Crippen LogP contribution in [0.3, 0.4) is 0 Å². The average Bonchev–Trinajstić information content (AvgIpc) is 3.82. The van der Waals surface area contributed by atoms with E-state index in [4.69, 9.17) is 14.9 Å². The molecule has 6 rings (SSSR count). The second-order valence-electron chi connectivity index (χ2n) is 12.1. The van der Waals surface area contributed by atoms with Gasteiger partial charge in [-0.15, -0.1) is 10.2 Å². The number of benzene rings is 3. The number of likely N-dealkylation sites (tertiary alicyclic amines) is 1. The molecule has 3 heterocycles. The normalized spacial score (nSPS) is 19.5. The fraction of sp³-hybridized carbons (Fsp3) is 0.371. The van der Waals surface area contributed by atoms with E-state index in [1.54, 1.807) is 6.07 Å². The highest BCUT2D eigenvalue weighted by Crippen LogP contribution is 2.35. The first-order valence-corrected chi connectivity index (χ1v) is 15.3. The monoisotopic (exact) mass is 590 g/mol. The van der Waals surface area contributed by atoms with Crippen molar-refractivity contribution in [2.75, 3.05) is 25.0 Å². The minimum Gasteiger partial charge on any atom is -0.419 e. The molecule has 4 aromatic rings. The lowest BCUT2D eigenvalue weighted by atomic mass is 9.94. The highest BCUT2D eigenvalue weighted by atomic mass is 16.5. The van der Waals surface area contributed by atoms with Crippen LogP contribution in [0.15, 0.2) is 71.1 Å². The number of ether oxygens (including phenoxy) is 1. The molecule has 2 saturated heterocycles. The molecule has 2 unspecified atom stereocenters. The van der Waals surface area contributed by atoms with Gasteiger partial charge in [0.2, 0.25) is 11.8 Å². The Labute approximate surface area is 258 Å². The van der Waals surface area contributed by atoms with E-state index in [-0.39, 0.29) is 23.9 Å². The molecule has 9 heteroatoms. The van der Waals surface area contributed by atoms with E-state index in [1.165, 1.54) is 0 Å². The van der Waals surface area contributed by atoms with E-state index < -0.39 is 5.54 Å². The maximum atomic E-state index is 13.8. The molecule has 3 atom stereocenters. The van der Waals surface area contributed by atoms with Crippen molar-refractivity contribution in [1.29, 1.82) is 5.26 Å². The zero-order valence-electron chi connectivity index (χ0n) is 25.3. The highest BCUT2D eigenvalue weighted by molar-refractivity contribution is 5.97. The molecule has 3 aromatic carbocycles. The molecule has 9 nitrogen and oxygen atoms in total. The Bertz CT molecular complexity index is 1670. The zero-order chi connectivity index (χ0) is 30.7. The molecule has 2 aliphatic heterocycles. The first-order valence-electron chi connectivity index (χ1n) is 15.3. The first-order chi connectivity index (χ1) is 21.3. The largest absolute Gasteiger partial charge is 0.419 e. The Morgan fingerprint density at radius 1 is 1.09 bits per heavy atom. The molecular formula is C35H38N6O3. The van der Waals surface area contributed by atoms with Crippen molar-refractivity contribution in [3.63, 3.8) is 0 Å². The van der Waals surface area contributed by atoms with Crippen LogP contribution in [0.1, 0.15) is 66.9 Å². The summed E-state index contributed by atoms with van der Waals surface area (Å²) in [6, 6.07) is 23.7. The van der Waals surface area contributed by atoms with E-state index in [0.29, 0.717) is 47.7 Å². The summed E-state index contributed by atoms with van der Waals surface area (Å²) in [6.45, 7) is 6.04. The van der Waals surface area contributed by atoms with Crippen molar-refractivity contribution in [2.24, 2.45) is 5.73 Å². The van der Waals surface area contributed by atoms with Gasteiger partial charge >= 0.3 is 0 Å². The van der Waals surface area contributed by atoms with E-state index in [9.17, 15) is 10.1 Å².